The van der Waals surface area contributed by atoms with Gasteiger partial charge in [0.1, 0.15) is 4.33 Å². The van der Waals surface area contributed by atoms with Crippen LogP contribution in [0.25, 0.3) is 11.3 Å². The van der Waals surface area contributed by atoms with Gasteiger partial charge in [0, 0.05) is 24.4 Å². The van der Waals surface area contributed by atoms with E-state index in [0.29, 0.717) is 18.1 Å². The van der Waals surface area contributed by atoms with Crippen molar-refractivity contribution in [2.45, 2.75) is 37.4 Å². The number of amides is 2. The smallest absolute Gasteiger partial charge is 0.235 e. The first-order valence-corrected chi connectivity index (χ1v) is 10.3. The molecule has 1 aliphatic rings. The van der Waals surface area contributed by atoms with Crippen LogP contribution < -0.4 is 10.6 Å². The first-order valence-electron chi connectivity index (χ1n) is 8.70. The zero-order chi connectivity index (χ0) is 19.7. The second kappa shape index (κ2) is 7.78. The van der Waals surface area contributed by atoms with E-state index in [4.69, 9.17) is 23.2 Å². The average Bonchev–Trinajstić information content (AvgIpc) is 2.95. The van der Waals surface area contributed by atoms with Crippen LogP contribution in [0.3, 0.4) is 0 Å². The molecule has 1 aromatic heterocycles. The third-order valence-electron chi connectivity index (χ3n) is 4.75. The third-order valence-corrected chi connectivity index (χ3v) is 6.61. The fourth-order valence-corrected chi connectivity index (χ4v) is 4.17. The van der Waals surface area contributed by atoms with Gasteiger partial charge in [-0.2, -0.15) is 0 Å². The van der Waals surface area contributed by atoms with Gasteiger partial charge in [0.05, 0.1) is 11.1 Å². The summed E-state index contributed by atoms with van der Waals surface area (Å²) in [5.41, 5.74) is 2.24. The van der Waals surface area contributed by atoms with Crippen LogP contribution in [0, 0.1) is 5.41 Å². The van der Waals surface area contributed by atoms with Gasteiger partial charge in [0.2, 0.25) is 11.8 Å². The summed E-state index contributed by atoms with van der Waals surface area (Å²) in [5, 5.41) is 8.04. The standard InChI is InChI=1S/C19H21Cl2N3O2S/c1-12(25)22-9-3-4-13-5-7-14(8-6-13)15-10-27-17(23-15)24-16(26)18(2)11-19(18,20)21/h5-8,10H,3-4,9,11H2,1-2H3,(H,22,25)(H,23,24,26). The van der Waals surface area contributed by atoms with Crippen molar-refractivity contribution in [1.82, 2.24) is 10.3 Å². The molecule has 0 bridgehead atoms. The van der Waals surface area contributed by atoms with Crippen molar-refractivity contribution in [2.24, 2.45) is 5.41 Å². The molecule has 1 unspecified atom stereocenters. The Morgan fingerprint density at radius 3 is 2.52 bits per heavy atom. The molecule has 1 saturated carbocycles. The molecule has 1 aliphatic carbocycles. The Bertz CT molecular complexity index is 851. The molecule has 2 aromatic rings. The molecule has 0 aliphatic heterocycles. The number of carbonyl (C=O) groups is 2. The van der Waals surface area contributed by atoms with Crippen LogP contribution in [0.1, 0.15) is 32.3 Å². The number of benzene rings is 1. The predicted molar refractivity (Wildman–Crippen MR) is 110 cm³/mol. The molecule has 1 aromatic carbocycles. The maximum Gasteiger partial charge on any atom is 0.235 e. The molecule has 1 heterocycles. The van der Waals surface area contributed by atoms with Crippen LogP contribution in [-0.2, 0) is 16.0 Å². The van der Waals surface area contributed by atoms with Gasteiger partial charge in [-0.1, -0.05) is 24.3 Å². The molecule has 3 rings (SSSR count). The largest absolute Gasteiger partial charge is 0.356 e. The molecule has 2 N–H and O–H groups in total. The molecule has 144 valence electrons. The van der Waals surface area contributed by atoms with Gasteiger partial charge >= 0.3 is 0 Å². The highest BCUT2D eigenvalue weighted by Gasteiger charge is 2.68. The number of thiazole rings is 1. The Morgan fingerprint density at radius 2 is 1.93 bits per heavy atom. The Hall–Kier alpha value is -1.63. The first-order chi connectivity index (χ1) is 12.7. The third kappa shape index (κ3) is 4.62. The number of halogens is 2. The highest BCUT2D eigenvalue weighted by molar-refractivity contribution is 7.14. The van der Waals surface area contributed by atoms with E-state index in [0.717, 1.165) is 24.1 Å². The van der Waals surface area contributed by atoms with E-state index in [9.17, 15) is 9.59 Å². The Morgan fingerprint density at radius 1 is 1.26 bits per heavy atom. The van der Waals surface area contributed by atoms with Crippen LogP contribution in [0.15, 0.2) is 29.6 Å². The lowest BCUT2D eigenvalue weighted by molar-refractivity contribution is -0.120. The summed E-state index contributed by atoms with van der Waals surface area (Å²) in [4.78, 5) is 27.7. The van der Waals surface area contributed by atoms with Gasteiger partial charge < -0.3 is 10.6 Å². The summed E-state index contributed by atoms with van der Waals surface area (Å²) in [6.07, 6.45) is 2.24. The highest BCUT2D eigenvalue weighted by atomic mass is 35.5. The Balaban J connectivity index is 1.56. The number of alkyl halides is 2. The monoisotopic (exact) mass is 425 g/mol. The molecule has 2 amide bonds. The van der Waals surface area contributed by atoms with E-state index in [2.05, 4.69) is 27.8 Å². The lowest BCUT2D eigenvalue weighted by Crippen LogP contribution is -2.25. The van der Waals surface area contributed by atoms with Crippen molar-refractivity contribution in [3.8, 4) is 11.3 Å². The van der Waals surface area contributed by atoms with Crippen LogP contribution in [0.4, 0.5) is 5.13 Å². The van der Waals surface area contributed by atoms with Crippen molar-refractivity contribution in [3.05, 3.63) is 35.2 Å². The van der Waals surface area contributed by atoms with Crippen LogP contribution in [0.2, 0.25) is 0 Å². The Labute approximate surface area is 172 Å². The number of carbonyl (C=O) groups excluding carboxylic acids is 2. The minimum Gasteiger partial charge on any atom is -0.356 e. The van der Waals surface area contributed by atoms with Crippen molar-refractivity contribution >= 4 is 51.5 Å². The molecule has 27 heavy (non-hydrogen) atoms. The zero-order valence-electron chi connectivity index (χ0n) is 15.1. The molecule has 8 heteroatoms. The molecule has 1 fully saturated rings. The van der Waals surface area contributed by atoms with Gasteiger partial charge in [-0.15, -0.1) is 34.5 Å². The average molecular weight is 426 g/mol. The zero-order valence-corrected chi connectivity index (χ0v) is 17.5. The van der Waals surface area contributed by atoms with E-state index in [1.54, 1.807) is 6.92 Å². The number of anilines is 1. The maximum atomic E-state index is 12.3. The quantitative estimate of drug-likeness (QED) is 0.509. The van der Waals surface area contributed by atoms with Crippen molar-refractivity contribution < 1.29 is 9.59 Å². The SMILES string of the molecule is CC(=O)NCCCc1ccc(-c2csc(NC(=O)C3(C)CC3(Cl)Cl)n2)cc1. The topological polar surface area (TPSA) is 71.1 Å². The fourth-order valence-electron chi connectivity index (χ4n) is 2.74. The maximum absolute atomic E-state index is 12.3. The van der Waals surface area contributed by atoms with Gasteiger partial charge in [-0.3, -0.25) is 9.59 Å². The van der Waals surface area contributed by atoms with Crippen molar-refractivity contribution in [2.75, 3.05) is 11.9 Å². The molecular formula is C19H21Cl2N3O2S. The predicted octanol–water partition coefficient (Wildman–Crippen LogP) is 4.40. The molecule has 0 saturated heterocycles. The van der Waals surface area contributed by atoms with Crippen LogP contribution in [-0.4, -0.2) is 27.7 Å². The second-order valence-corrected chi connectivity index (χ2v) is 9.33. The number of aryl methyl sites for hydroxylation is 1. The second-order valence-electron chi connectivity index (χ2n) is 6.99. The van der Waals surface area contributed by atoms with E-state index < -0.39 is 9.75 Å². The minimum atomic E-state index is -0.993. The number of nitrogens with zero attached hydrogens (tertiary/aromatic N) is 1. The summed E-state index contributed by atoms with van der Waals surface area (Å²) in [7, 11) is 0. The normalized spacial score (nSPS) is 20.1. The molecular weight excluding hydrogens is 405 g/mol. The van der Waals surface area contributed by atoms with Gasteiger partial charge in [-0.05, 0) is 31.7 Å². The van der Waals surface area contributed by atoms with Gasteiger partial charge in [0.25, 0.3) is 0 Å². The van der Waals surface area contributed by atoms with Crippen LogP contribution in [0.5, 0.6) is 0 Å². The minimum absolute atomic E-state index is 0.00441. The first kappa shape index (κ1) is 20.1. The summed E-state index contributed by atoms with van der Waals surface area (Å²) in [6.45, 7) is 3.95. The summed E-state index contributed by atoms with van der Waals surface area (Å²) >= 11 is 13.5. The number of nitrogens with one attached hydrogen (secondary N) is 2. The lowest BCUT2D eigenvalue weighted by Gasteiger charge is -2.10. The molecule has 5 nitrogen and oxygen atoms in total. The summed E-state index contributed by atoms with van der Waals surface area (Å²) < 4.78 is -0.993. The highest BCUT2D eigenvalue weighted by Crippen LogP contribution is 2.64. The number of aromatic nitrogens is 1. The van der Waals surface area contributed by atoms with E-state index in [1.165, 1.54) is 23.8 Å². The van der Waals surface area contributed by atoms with E-state index >= 15 is 0 Å². The lowest BCUT2D eigenvalue weighted by atomic mass is 10.1. The Kier molecular flexibility index (Phi) is 5.79. The van der Waals surface area contributed by atoms with E-state index in [-0.39, 0.29) is 11.8 Å². The molecule has 1 atom stereocenters. The number of hydrogen-bond acceptors (Lipinski definition) is 4. The van der Waals surface area contributed by atoms with Crippen LogP contribution >= 0.6 is 34.5 Å². The van der Waals surface area contributed by atoms with E-state index in [1.807, 2.05) is 17.5 Å². The number of rotatable bonds is 7. The fraction of sp³-hybridized carbons (Fsp3) is 0.421. The number of hydrogen-bond donors (Lipinski definition) is 2. The summed E-state index contributed by atoms with van der Waals surface area (Å²) in [5.74, 6) is -0.210. The van der Waals surface area contributed by atoms with Crippen molar-refractivity contribution in [1.29, 1.82) is 0 Å². The van der Waals surface area contributed by atoms with Crippen molar-refractivity contribution in [3.63, 3.8) is 0 Å². The van der Waals surface area contributed by atoms with Gasteiger partial charge in [0.15, 0.2) is 5.13 Å². The summed E-state index contributed by atoms with van der Waals surface area (Å²) in [6, 6.07) is 8.14. The van der Waals surface area contributed by atoms with Gasteiger partial charge in [-0.25, -0.2) is 4.98 Å². The molecule has 0 radical (unpaired) electrons. The molecule has 0 spiro atoms.